The molecule has 3 heterocycles. The van der Waals surface area contributed by atoms with E-state index < -0.39 is 0 Å². The van der Waals surface area contributed by atoms with Crippen molar-refractivity contribution in [1.29, 1.82) is 0 Å². The van der Waals surface area contributed by atoms with Crippen molar-refractivity contribution in [3.05, 3.63) is 28.6 Å². The molecule has 0 saturated carbocycles. The highest BCUT2D eigenvalue weighted by Crippen LogP contribution is 2.19. The number of nitrogens with zero attached hydrogens (tertiary/aromatic N) is 4. The maximum atomic E-state index is 12.4. The van der Waals surface area contributed by atoms with Gasteiger partial charge < -0.3 is 19.6 Å². The van der Waals surface area contributed by atoms with E-state index in [-0.39, 0.29) is 12.1 Å². The first-order valence-corrected chi connectivity index (χ1v) is 9.04. The molecule has 0 aromatic carbocycles. The molecule has 0 bridgehead atoms. The van der Waals surface area contributed by atoms with Crippen LogP contribution in [-0.4, -0.2) is 53.3 Å². The number of carbonyl (C=O) groups is 1. The van der Waals surface area contributed by atoms with E-state index in [9.17, 15) is 4.79 Å². The molecule has 7 nitrogen and oxygen atoms in total. The molecule has 1 N–H and O–H groups in total. The largest absolute Gasteiger partial charge is 0.361 e. The highest BCUT2D eigenvalue weighted by atomic mass is 32.1. The Labute approximate surface area is 145 Å². The molecule has 1 aliphatic rings. The van der Waals surface area contributed by atoms with Crippen LogP contribution in [0.5, 0.6) is 0 Å². The molecule has 1 saturated heterocycles. The van der Waals surface area contributed by atoms with Gasteiger partial charge in [0, 0.05) is 49.4 Å². The number of rotatable bonds is 4. The van der Waals surface area contributed by atoms with Gasteiger partial charge in [-0.25, -0.2) is 9.78 Å². The standard InChI is InChI=1S/C16H23N5O2S/c1-11(10-14-12(2)19-23-13(14)3)18-15(22)20-5-7-21(8-6-20)16-17-4-9-24-16/h4,9,11H,5-8,10H2,1-3H3,(H,18,22). The van der Waals surface area contributed by atoms with Crippen molar-refractivity contribution in [1.82, 2.24) is 20.4 Å². The topological polar surface area (TPSA) is 74.5 Å². The SMILES string of the molecule is Cc1noc(C)c1CC(C)NC(=O)N1CCN(c2nccs2)CC1. The van der Waals surface area contributed by atoms with E-state index >= 15 is 0 Å². The maximum absolute atomic E-state index is 12.4. The summed E-state index contributed by atoms with van der Waals surface area (Å²) in [6.07, 6.45) is 2.54. The van der Waals surface area contributed by atoms with Gasteiger partial charge in [0.15, 0.2) is 5.13 Å². The van der Waals surface area contributed by atoms with Crippen LogP contribution < -0.4 is 10.2 Å². The maximum Gasteiger partial charge on any atom is 0.317 e. The van der Waals surface area contributed by atoms with Crippen LogP contribution in [0.15, 0.2) is 16.1 Å². The molecule has 2 amide bonds. The second-order valence-electron chi connectivity index (χ2n) is 6.15. The molecule has 3 rings (SSSR count). The van der Waals surface area contributed by atoms with Crippen molar-refractivity contribution in [2.45, 2.75) is 33.2 Å². The van der Waals surface area contributed by atoms with Gasteiger partial charge in [0.25, 0.3) is 0 Å². The molecule has 1 aliphatic heterocycles. The van der Waals surface area contributed by atoms with Gasteiger partial charge in [-0.2, -0.15) is 0 Å². The Morgan fingerprint density at radius 3 is 2.71 bits per heavy atom. The van der Waals surface area contributed by atoms with E-state index in [0.29, 0.717) is 13.1 Å². The summed E-state index contributed by atoms with van der Waals surface area (Å²) in [5.41, 5.74) is 1.97. The van der Waals surface area contributed by atoms with Crippen LogP contribution in [0.3, 0.4) is 0 Å². The van der Waals surface area contributed by atoms with Crippen molar-refractivity contribution < 1.29 is 9.32 Å². The lowest BCUT2D eigenvalue weighted by atomic mass is 10.1. The van der Waals surface area contributed by atoms with Gasteiger partial charge in [-0.05, 0) is 27.2 Å². The lowest BCUT2D eigenvalue weighted by molar-refractivity contribution is 0.191. The zero-order valence-electron chi connectivity index (χ0n) is 14.3. The van der Waals surface area contributed by atoms with E-state index in [1.54, 1.807) is 11.3 Å². The first-order valence-electron chi connectivity index (χ1n) is 8.16. The predicted molar refractivity (Wildman–Crippen MR) is 93.6 cm³/mol. The molecular formula is C16H23N5O2S. The molecular weight excluding hydrogens is 326 g/mol. The number of hydrogen-bond acceptors (Lipinski definition) is 6. The van der Waals surface area contributed by atoms with E-state index in [1.807, 2.05) is 37.2 Å². The second kappa shape index (κ2) is 7.21. The quantitative estimate of drug-likeness (QED) is 0.916. The summed E-state index contributed by atoms with van der Waals surface area (Å²) in [4.78, 5) is 20.9. The molecule has 2 aromatic rings. The number of hydrogen-bond donors (Lipinski definition) is 1. The number of carbonyl (C=O) groups excluding carboxylic acids is 1. The molecule has 0 aliphatic carbocycles. The van der Waals surface area contributed by atoms with Crippen molar-refractivity contribution in [3.63, 3.8) is 0 Å². The van der Waals surface area contributed by atoms with E-state index in [2.05, 4.69) is 20.4 Å². The van der Waals surface area contributed by atoms with Gasteiger partial charge in [0.05, 0.1) is 5.69 Å². The van der Waals surface area contributed by atoms with E-state index in [4.69, 9.17) is 4.52 Å². The fraction of sp³-hybridized carbons (Fsp3) is 0.562. The minimum atomic E-state index is -0.00644. The highest BCUT2D eigenvalue weighted by molar-refractivity contribution is 7.13. The first-order chi connectivity index (χ1) is 11.5. The summed E-state index contributed by atoms with van der Waals surface area (Å²) >= 11 is 1.64. The number of nitrogens with one attached hydrogen (secondary N) is 1. The number of aryl methyl sites for hydroxylation is 2. The molecule has 0 spiro atoms. The fourth-order valence-corrected chi connectivity index (χ4v) is 3.62. The van der Waals surface area contributed by atoms with Gasteiger partial charge in [-0.1, -0.05) is 5.16 Å². The van der Waals surface area contributed by atoms with Crippen LogP contribution in [-0.2, 0) is 6.42 Å². The lowest BCUT2D eigenvalue weighted by Gasteiger charge is -2.35. The third-order valence-electron chi connectivity index (χ3n) is 4.32. The summed E-state index contributed by atoms with van der Waals surface area (Å²) in [6.45, 7) is 8.90. The monoisotopic (exact) mass is 349 g/mol. The number of amides is 2. The van der Waals surface area contributed by atoms with Crippen LogP contribution >= 0.6 is 11.3 Å². The molecule has 2 aromatic heterocycles. The number of anilines is 1. The Morgan fingerprint density at radius 2 is 2.12 bits per heavy atom. The number of urea groups is 1. The average molecular weight is 349 g/mol. The number of thiazole rings is 1. The van der Waals surface area contributed by atoms with Crippen molar-refractivity contribution in [2.75, 3.05) is 31.1 Å². The molecule has 1 atom stereocenters. The van der Waals surface area contributed by atoms with Gasteiger partial charge in [-0.15, -0.1) is 11.3 Å². The third kappa shape index (κ3) is 3.69. The van der Waals surface area contributed by atoms with Gasteiger partial charge >= 0.3 is 6.03 Å². The van der Waals surface area contributed by atoms with Crippen LogP contribution in [0, 0.1) is 13.8 Å². The summed E-state index contributed by atoms with van der Waals surface area (Å²) in [5, 5.41) is 10.0. The average Bonchev–Trinajstić information content (AvgIpc) is 3.21. The first kappa shape index (κ1) is 16.8. The van der Waals surface area contributed by atoms with Gasteiger partial charge in [0.1, 0.15) is 5.76 Å². The number of aromatic nitrogens is 2. The normalized spacial score (nSPS) is 16.3. The minimum Gasteiger partial charge on any atom is -0.361 e. The van der Waals surface area contributed by atoms with Crippen molar-refractivity contribution in [2.24, 2.45) is 0 Å². The predicted octanol–water partition coefficient (Wildman–Crippen LogP) is 2.21. The molecule has 0 radical (unpaired) electrons. The smallest absolute Gasteiger partial charge is 0.317 e. The van der Waals surface area contributed by atoms with Crippen molar-refractivity contribution in [3.8, 4) is 0 Å². The molecule has 1 unspecified atom stereocenters. The molecule has 130 valence electrons. The molecule has 1 fully saturated rings. The van der Waals surface area contributed by atoms with E-state index in [1.165, 1.54) is 0 Å². The highest BCUT2D eigenvalue weighted by Gasteiger charge is 2.23. The third-order valence-corrected chi connectivity index (χ3v) is 5.15. The van der Waals surface area contributed by atoms with E-state index in [0.717, 1.165) is 41.7 Å². The Morgan fingerprint density at radius 1 is 1.38 bits per heavy atom. The summed E-state index contributed by atoms with van der Waals surface area (Å²) in [6, 6.07) is 0.0272. The Hall–Kier alpha value is -2.09. The zero-order chi connectivity index (χ0) is 17.1. The molecule has 24 heavy (non-hydrogen) atoms. The van der Waals surface area contributed by atoms with Crippen LogP contribution in [0.4, 0.5) is 9.93 Å². The summed E-state index contributed by atoms with van der Waals surface area (Å²) < 4.78 is 5.18. The Bertz CT molecular complexity index is 657. The van der Waals surface area contributed by atoms with Crippen LogP contribution in [0.2, 0.25) is 0 Å². The summed E-state index contributed by atoms with van der Waals surface area (Å²) in [7, 11) is 0. The van der Waals surface area contributed by atoms with Crippen LogP contribution in [0.25, 0.3) is 0 Å². The second-order valence-corrected chi connectivity index (χ2v) is 7.02. The molecule has 8 heteroatoms. The van der Waals surface area contributed by atoms with Gasteiger partial charge in [-0.3, -0.25) is 0 Å². The minimum absolute atomic E-state index is 0.00644. The van der Waals surface area contributed by atoms with Crippen molar-refractivity contribution >= 4 is 22.5 Å². The zero-order valence-corrected chi connectivity index (χ0v) is 15.1. The summed E-state index contributed by atoms with van der Waals surface area (Å²) in [5.74, 6) is 0.825. The lowest BCUT2D eigenvalue weighted by Crippen LogP contribution is -2.53. The fourth-order valence-electron chi connectivity index (χ4n) is 2.93. The Kier molecular flexibility index (Phi) is 5.03. The van der Waals surface area contributed by atoms with Crippen LogP contribution in [0.1, 0.15) is 23.9 Å². The Balaban J connectivity index is 1.49. The number of piperazine rings is 1. The van der Waals surface area contributed by atoms with Gasteiger partial charge in [0.2, 0.25) is 0 Å².